The molecule has 3 aromatic rings. The highest BCUT2D eigenvalue weighted by Gasteiger charge is 2.21. The second-order valence-corrected chi connectivity index (χ2v) is 6.60. The molecule has 0 aliphatic heterocycles. The minimum atomic E-state index is -0.998. The van der Waals surface area contributed by atoms with Crippen molar-refractivity contribution in [3.63, 3.8) is 0 Å². The van der Waals surface area contributed by atoms with Crippen molar-refractivity contribution in [2.75, 3.05) is 0 Å². The molecule has 1 saturated carbocycles. The molecule has 25 heavy (non-hydrogen) atoms. The number of carbonyl (C=O) groups is 1. The van der Waals surface area contributed by atoms with Gasteiger partial charge in [-0.2, -0.15) is 5.10 Å². The van der Waals surface area contributed by atoms with E-state index in [0.717, 1.165) is 17.4 Å². The van der Waals surface area contributed by atoms with E-state index in [1.807, 2.05) is 4.68 Å². The third kappa shape index (κ3) is 2.99. The number of carboxylic acids is 1. The topological polar surface area (TPSA) is 68.0 Å². The first kappa shape index (κ1) is 15.7. The molecule has 1 aromatic carbocycles. The molecular weight excluding hydrogens is 321 g/mol. The molecule has 5 nitrogen and oxygen atoms in total. The lowest BCUT2D eigenvalue weighted by Gasteiger charge is -2.25. The van der Waals surface area contributed by atoms with Gasteiger partial charge in [0, 0.05) is 30.7 Å². The number of hydrogen-bond acceptors (Lipinski definition) is 3. The number of nitrogens with zero attached hydrogens (tertiary/aromatic N) is 3. The van der Waals surface area contributed by atoms with Crippen LogP contribution in [-0.4, -0.2) is 25.8 Å². The largest absolute Gasteiger partial charge is 0.478 e. The Morgan fingerprint density at radius 1 is 1.32 bits per heavy atom. The molecule has 1 fully saturated rings. The summed E-state index contributed by atoms with van der Waals surface area (Å²) >= 11 is 0. The Labute approximate surface area is 144 Å². The third-order valence-corrected chi connectivity index (χ3v) is 4.94. The van der Waals surface area contributed by atoms with Gasteiger partial charge in [-0.05, 0) is 48.6 Å². The van der Waals surface area contributed by atoms with E-state index in [2.05, 4.69) is 10.1 Å². The average Bonchev–Trinajstić information content (AvgIpc) is 2.88. The van der Waals surface area contributed by atoms with Crippen molar-refractivity contribution in [2.24, 2.45) is 5.92 Å². The first-order chi connectivity index (χ1) is 12.1. The van der Waals surface area contributed by atoms with E-state index in [0.29, 0.717) is 23.6 Å². The van der Waals surface area contributed by atoms with Crippen LogP contribution in [0.1, 0.15) is 40.9 Å². The van der Waals surface area contributed by atoms with Gasteiger partial charge in [0.25, 0.3) is 0 Å². The number of aromatic carboxylic acids is 1. The Kier molecular flexibility index (Phi) is 3.95. The van der Waals surface area contributed by atoms with E-state index in [9.17, 15) is 14.3 Å². The minimum absolute atomic E-state index is 0.202. The number of halogens is 1. The van der Waals surface area contributed by atoms with Crippen LogP contribution in [0.2, 0.25) is 0 Å². The predicted molar refractivity (Wildman–Crippen MR) is 91.0 cm³/mol. The van der Waals surface area contributed by atoms with Crippen LogP contribution in [0.3, 0.4) is 0 Å². The molecule has 2 heterocycles. The van der Waals surface area contributed by atoms with Crippen molar-refractivity contribution in [1.82, 2.24) is 14.8 Å². The fourth-order valence-corrected chi connectivity index (χ4v) is 3.36. The average molecular weight is 339 g/mol. The van der Waals surface area contributed by atoms with Crippen LogP contribution in [0, 0.1) is 11.7 Å². The number of rotatable bonds is 5. The molecule has 0 atom stereocenters. The number of fused-ring (bicyclic) bond motifs is 1. The summed E-state index contributed by atoms with van der Waals surface area (Å²) in [5.41, 5.74) is 2.36. The molecule has 0 unspecified atom stereocenters. The molecule has 0 amide bonds. The maximum Gasteiger partial charge on any atom is 0.336 e. The number of aromatic nitrogens is 3. The lowest BCUT2D eigenvalue weighted by molar-refractivity contribution is 0.0695. The molecule has 0 spiro atoms. The zero-order chi connectivity index (χ0) is 17.4. The Bertz CT molecular complexity index is 947. The molecule has 128 valence electrons. The van der Waals surface area contributed by atoms with Crippen molar-refractivity contribution in [2.45, 2.75) is 32.2 Å². The summed E-state index contributed by atoms with van der Waals surface area (Å²) < 4.78 is 15.7. The van der Waals surface area contributed by atoms with Crippen LogP contribution in [-0.2, 0) is 13.0 Å². The van der Waals surface area contributed by atoms with Crippen molar-refractivity contribution in [1.29, 1.82) is 0 Å². The molecule has 2 aromatic heterocycles. The Balaban J connectivity index is 1.76. The van der Waals surface area contributed by atoms with Crippen LogP contribution >= 0.6 is 0 Å². The fraction of sp³-hybridized carbons (Fsp3) is 0.316. The maximum absolute atomic E-state index is 13.8. The highest BCUT2D eigenvalue weighted by molar-refractivity contribution is 5.89. The monoisotopic (exact) mass is 339 g/mol. The van der Waals surface area contributed by atoms with Gasteiger partial charge in [-0.1, -0.05) is 6.42 Å². The summed E-state index contributed by atoms with van der Waals surface area (Å²) in [5, 5.41) is 14.8. The van der Waals surface area contributed by atoms with Gasteiger partial charge in [-0.3, -0.25) is 9.67 Å². The summed E-state index contributed by atoms with van der Waals surface area (Å²) in [6, 6.07) is 6.15. The molecule has 6 heteroatoms. The van der Waals surface area contributed by atoms with E-state index in [1.165, 1.54) is 43.7 Å². The predicted octanol–water partition coefficient (Wildman–Crippen LogP) is 3.66. The molecule has 0 radical (unpaired) electrons. The van der Waals surface area contributed by atoms with Gasteiger partial charge in [-0.25, -0.2) is 9.18 Å². The van der Waals surface area contributed by atoms with Gasteiger partial charge in [0.1, 0.15) is 5.82 Å². The van der Waals surface area contributed by atoms with Crippen LogP contribution in [0.4, 0.5) is 4.39 Å². The van der Waals surface area contributed by atoms with E-state index in [-0.39, 0.29) is 11.4 Å². The standard InChI is InChI=1S/C19H18FN3O2/c20-14-4-5-18-16(9-14)17(22-23(18)11-12-2-1-3-12)8-13-10-21-7-6-15(13)19(24)25/h4-7,9-10,12H,1-3,8,11H2,(H,24,25). The van der Waals surface area contributed by atoms with E-state index >= 15 is 0 Å². The van der Waals surface area contributed by atoms with Crippen molar-refractivity contribution in [3.8, 4) is 0 Å². The minimum Gasteiger partial charge on any atom is -0.478 e. The highest BCUT2D eigenvalue weighted by Crippen LogP contribution is 2.30. The molecule has 0 saturated heterocycles. The zero-order valence-electron chi connectivity index (χ0n) is 13.7. The van der Waals surface area contributed by atoms with Crippen molar-refractivity contribution >= 4 is 16.9 Å². The van der Waals surface area contributed by atoms with E-state index in [4.69, 9.17) is 0 Å². The van der Waals surface area contributed by atoms with Crippen LogP contribution in [0.25, 0.3) is 10.9 Å². The summed E-state index contributed by atoms with van der Waals surface area (Å²) in [5.74, 6) is -0.697. The summed E-state index contributed by atoms with van der Waals surface area (Å²) in [4.78, 5) is 15.4. The lowest BCUT2D eigenvalue weighted by atomic mass is 9.85. The van der Waals surface area contributed by atoms with Gasteiger partial charge in [-0.15, -0.1) is 0 Å². The number of hydrogen-bond donors (Lipinski definition) is 1. The van der Waals surface area contributed by atoms with Gasteiger partial charge in [0.15, 0.2) is 0 Å². The molecule has 4 rings (SSSR count). The summed E-state index contributed by atoms with van der Waals surface area (Å²) in [7, 11) is 0. The molecule has 1 aliphatic rings. The van der Waals surface area contributed by atoms with Gasteiger partial charge >= 0.3 is 5.97 Å². The summed E-state index contributed by atoms with van der Waals surface area (Å²) in [6.45, 7) is 0.820. The smallest absolute Gasteiger partial charge is 0.336 e. The second kappa shape index (κ2) is 6.27. The van der Waals surface area contributed by atoms with E-state index in [1.54, 1.807) is 12.3 Å². The number of pyridine rings is 1. The van der Waals surface area contributed by atoms with Crippen LogP contribution < -0.4 is 0 Å². The van der Waals surface area contributed by atoms with Crippen LogP contribution in [0.5, 0.6) is 0 Å². The number of carboxylic acid groups (broad SMARTS) is 1. The fourth-order valence-electron chi connectivity index (χ4n) is 3.36. The normalized spacial score (nSPS) is 14.6. The summed E-state index contributed by atoms with van der Waals surface area (Å²) in [6.07, 6.45) is 6.96. The molecule has 0 bridgehead atoms. The number of benzene rings is 1. The zero-order valence-corrected chi connectivity index (χ0v) is 13.7. The highest BCUT2D eigenvalue weighted by atomic mass is 19.1. The van der Waals surface area contributed by atoms with E-state index < -0.39 is 5.97 Å². The molecule has 1 N–H and O–H groups in total. The molecular formula is C19H18FN3O2. The SMILES string of the molecule is O=C(O)c1ccncc1Cc1nn(CC2CCC2)c2ccc(F)cc12. The lowest BCUT2D eigenvalue weighted by Crippen LogP contribution is -2.18. The van der Waals surface area contributed by atoms with Crippen molar-refractivity contribution in [3.05, 3.63) is 59.3 Å². The molecule has 1 aliphatic carbocycles. The van der Waals surface area contributed by atoms with Crippen molar-refractivity contribution < 1.29 is 14.3 Å². The third-order valence-electron chi connectivity index (χ3n) is 4.94. The second-order valence-electron chi connectivity index (χ2n) is 6.60. The Morgan fingerprint density at radius 3 is 2.88 bits per heavy atom. The Morgan fingerprint density at radius 2 is 2.16 bits per heavy atom. The first-order valence-corrected chi connectivity index (χ1v) is 8.43. The van der Waals surface area contributed by atoms with Crippen LogP contribution in [0.15, 0.2) is 36.7 Å². The van der Waals surface area contributed by atoms with Gasteiger partial charge < -0.3 is 5.11 Å². The van der Waals surface area contributed by atoms with Gasteiger partial charge in [0.2, 0.25) is 0 Å². The quantitative estimate of drug-likeness (QED) is 0.770. The Hall–Kier alpha value is -2.76. The maximum atomic E-state index is 13.8. The van der Waals surface area contributed by atoms with Gasteiger partial charge in [0.05, 0.1) is 16.8 Å². The first-order valence-electron chi connectivity index (χ1n) is 8.43.